The Kier molecular flexibility index (Phi) is 9.80. The molecule has 20 heavy (non-hydrogen) atoms. The lowest BCUT2D eigenvalue weighted by molar-refractivity contribution is -0.152. The third-order valence-electron chi connectivity index (χ3n) is 2.86. The molecular formula is C15H31NO4. The molecule has 0 saturated carbocycles. The summed E-state index contributed by atoms with van der Waals surface area (Å²) >= 11 is 0. The minimum Gasteiger partial charge on any atom is -0.465 e. The van der Waals surface area contributed by atoms with Crippen molar-refractivity contribution in [1.82, 2.24) is 5.32 Å². The molecule has 0 aromatic rings. The van der Waals surface area contributed by atoms with Crippen molar-refractivity contribution in [3.05, 3.63) is 0 Å². The van der Waals surface area contributed by atoms with Crippen molar-refractivity contribution < 1.29 is 19.0 Å². The van der Waals surface area contributed by atoms with Crippen LogP contribution >= 0.6 is 0 Å². The second-order valence-electron chi connectivity index (χ2n) is 5.43. The van der Waals surface area contributed by atoms with Crippen LogP contribution in [0.3, 0.4) is 0 Å². The quantitative estimate of drug-likeness (QED) is 0.466. The van der Waals surface area contributed by atoms with E-state index in [4.69, 9.17) is 14.2 Å². The zero-order chi connectivity index (χ0) is 15.6. The molecule has 0 aliphatic carbocycles. The average molecular weight is 289 g/mol. The average Bonchev–Trinajstić information content (AvgIpc) is 2.33. The van der Waals surface area contributed by atoms with Gasteiger partial charge in [0.2, 0.25) is 0 Å². The van der Waals surface area contributed by atoms with E-state index in [9.17, 15) is 4.79 Å². The Labute approximate surface area is 123 Å². The minimum atomic E-state index is -0.727. The van der Waals surface area contributed by atoms with Crippen LogP contribution in [0.2, 0.25) is 0 Å². The molecule has 0 fully saturated rings. The summed E-state index contributed by atoms with van der Waals surface area (Å²) < 4.78 is 16.1. The second kappa shape index (κ2) is 10.1. The molecule has 2 atom stereocenters. The molecule has 0 amide bonds. The van der Waals surface area contributed by atoms with Crippen molar-refractivity contribution in [3.63, 3.8) is 0 Å². The molecule has 0 aliphatic heterocycles. The maximum absolute atomic E-state index is 12.1. The van der Waals surface area contributed by atoms with Crippen molar-refractivity contribution in [2.75, 3.05) is 26.4 Å². The van der Waals surface area contributed by atoms with Gasteiger partial charge in [-0.15, -0.1) is 0 Å². The summed E-state index contributed by atoms with van der Waals surface area (Å²) in [7, 11) is 0. The van der Waals surface area contributed by atoms with Crippen LogP contribution in [-0.2, 0) is 19.0 Å². The first kappa shape index (κ1) is 19.4. The van der Waals surface area contributed by atoms with E-state index in [1.807, 2.05) is 41.5 Å². The van der Waals surface area contributed by atoms with Gasteiger partial charge in [0.1, 0.15) is 5.54 Å². The van der Waals surface area contributed by atoms with Gasteiger partial charge >= 0.3 is 5.97 Å². The molecule has 0 heterocycles. The highest BCUT2D eigenvalue weighted by Crippen LogP contribution is 2.18. The maximum atomic E-state index is 12.1. The molecule has 0 radical (unpaired) electrons. The van der Waals surface area contributed by atoms with Gasteiger partial charge in [0.25, 0.3) is 0 Å². The number of esters is 1. The van der Waals surface area contributed by atoms with E-state index in [2.05, 4.69) is 5.32 Å². The van der Waals surface area contributed by atoms with E-state index in [0.29, 0.717) is 32.8 Å². The summed E-state index contributed by atoms with van der Waals surface area (Å²) in [5.41, 5.74) is -0.727. The van der Waals surface area contributed by atoms with Crippen LogP contribution in [0.25, 0.3) is 0 Å². The zero-order valence-corrected chi connectivity index (χ0v) is 13.8. The van der Waals surface area contributed by atoms with E-state index in [1.165, 1.54) is 0 Å². The van der Waals surface area contributed by atoms with Crippen LogP contribution in [0.4, 0.5) is 0 Å². The third kappa shape index (κ3) is 7.82. The first-order valence-electron chi connectivity index (χ1n) is 7.50. The highest BCUT2D eigenvalue weighted by atomic mass is 16.5. The number of nitrogens with one attached hydrogen (secondary N) is 1. The van der Waals surface area contributed by atoms with Gasteiger partial charge in [-0.2, -0.15) is 0 Å². The fraction of sp³-hybridized carbons (Fsp3) is 0.933. The second-order valence-corrected chi connectivity index (χ2v) is 5.43. The summed E-state index contributed by atoms with van der Waals surface area (Å²) in [6.45, 7) is 13.8. The van der Waals surface area contributed by atoms with E-state index in [0.717, 1.165) is 0 Å². The van der Waals surface area contributed by atoms with Crippen molar-refractivity contribution >= 4 is 5.97 Å². The highest BCUT2D eigenvalue weighted by molar-refractivity contribution is 5.80. The van der Waals surface area contributed by atoms with Crippen LogP contribution in [-0.4, -0.2) is 50.1 Å². The lowest BCUT2D eigenvalue weighted by atomic mass is 9.93. The number of hydrogen-bond acceptors (Lipinski definition) is 5. The third-order valence-corrected chi connectivity index (χ3v) is 2.86. The minimum absolute atomic E-state index is 0.0453. The highest BCUT2D eigenvalue weighted by Gasteiger charge is 2.36. The summed E-state index contributed by atoms with van der Waals surface area (Å²) in [5.74, 6) is -0.228. The molecule has 0 rings (SSSR count). The Morgan fingerprint density at radius 1 is 1.15 bits per heavy atom. The van der Waals surface area contributed by atoms with Gasteiger partial charge in [-0.1, -0.05) is 0 Å². The lowest BCUT2D eigenvalue weighted by Crippen LogP contribution is -2.55. The number of rotatable bonds is 11. The normalized spacial score (nSPS) is 15.9. The van der Waals surface area contributed by atoms with Gasteiger partial charge in [-0.05, 0) is 41.5 Å². The molecule has 0 bridgehead atoms. The molecule has 2 unspecified atom stereocenters. The fourth-order valence-electron chi connectivity index (χ4n) is 2.22. The summed E-state index contributed by atoms with van der Waals surface area (Å²) in [5, 5.41) is 3.29. The number of ether oxygens (including phenoxy) is 3. The van der Waals surface area contributed by atoms with Crippen molar-refractivity contribution in [1.29, 1.82) is 0 Å². The van der Waals surface area contributed by atoms with E-state index in [-0.39, 0.29) is 18.1 Å². The summed E-state index contributed by atoms with van der Waals surface area (Å²) in [6, 6.07) is 0.194. The first-order valence-corrected chi connectivity index (χ1v) is 7.50. The van der Waals surface area contributed by atoms with Crippen LogP contribution in [0.1, 0.15) is 48.0 Å². The smallest absolute Gasteiger partial charge is 0.326 e. The van der Waals surface area contributed by atoms with Gasteiger partial charge in [-0.25, -0.2) is 0 Å². The van der Waals surface area contributed by atoms with Gasteiger partial charge < -0.3 is 14.2 Å². The molecular weight excluding hydrogens is 258 g/mol. The molecule has 1 N–H and O–H groups in total. The number of hydrogen-bond donors (Lipinski definition) is 1. The SMILES string of the molecule is CCOCCOC(C)CC(C)(NC(C)C)C(=O)OCC. The molecule has 0 aromatic heterocycles. The van der Waals surface area contributed by atoms with E-state index >= 15 is 0 Å². The van der Waals surface area contributed by atoms with Crippen molar-refractivity contribution in [3.8, 4) is 0 Å². The Balaban J connectivity index is 4.44. The fourth-order valence-corrected chi connectivity index (χ4v) is 2.22. The van der Waals surface area contributed by atoms with Crippen molar-refractivity contribution in [2.45, 2.75) is 65.6 Å². The summed E-state index contributed by atoms with van der Waals surface area (Å²) in [6.07, 6.45) is 0.520. The van der Waals surface area contributed by atoms with Crippen LogP contribution in [0.15, 0.2) is 0 Å². The van der Waals surface area contributed by atoms with Gasteiger partial charge in [0.05, 0.1) is 25.9 Å². The standard InChI is InChI=1S/C15H31NO4/c1-7-18-9-10-20-13(5)11-15(6,16-12(3)4)14(17)19-8-2/h12-13,16H,7-11H2,1-6H3. The lowest BCUT2D eigenvalue weighted by Gasteiger charge is -2.32. The van der Waals surface area contributed by atoms with E-state index in [1.54, 1.807) is 0 Å². The molecule has 0 aliphatic rings. The predicted molar refractivity (Wildman–Crippen MR) is 79.8 cm³/mol. The van der Waals surface area contributed by atoms with Crippen LogP contribution < -0.4 is 5.32 Å². The number of carbonyl (C=O) groups excluding carboxylic acids is 1. The topological polar surface area (TPSA) is 56.8 Å². The summed E-state index contributed by atoms with van der Waals surface area (Å²) in [4.78, 5) is 12.1. The monoisotopic (exact) mass is 289 g/mol. The predicted octanol–water partition coefficient (Wildman–Crippen LogP) is 2.14. The first-order chi connectivity index (χ1) is 9.35. The van der Waals surface area contributed by atoms with Gasteiger partial charge in [0, 0.05) is 19.1 Å². The Bertz CT molecular complexity index is 271. The Morgan fingerprint density at radius 2 is 1.80 bits per heavy atom. The Hall–Kier alpha value is -0.650. The van der Waals surface area contributed by atoms with Gasteiger partial charge in [0.15, 0.2) is 0 Å². The zero-order valence-electron chi connectivity index (χ0n) is 13.8. The Morgan fingerprint density at radius 3 is 2.30 bits per heavy atom. The molecule has 120 valence electrons. The largest absolute Gasteiger partial charge is 0.465 e. The molecule has 0 spiro atoms. The van der Waals surface area contributed by atoms with E-state index < -0.39 is 5.54 Å². The van der Waals surface area contributed by atoms with Gasteiger partial charge in [-0.3, -0.25) is 10.1 Å². The maximum Gasteiger partial charge on any atom is 0.326 e. The van der Waals surface area contributed by atoms with Crippen molar-refractivity contribution in [2.24, 2.45) is 0 Å². The molecule has 5 nitrogen and oxygen atoms in total. The molecule has 0 saturated heterocycles. The molecule has 0 aromatic carbocycles. The van der Waals surface area contributed by atoms with Crippen LogP contribution in [0, 0.1) is 0 Å². The van der Waals surface area contributed by atoms with Crippen LogP contribution in [0.5, 0.6) is 0 Å². The number of carbonyl (C=O) groups is 1. The molecule has 5 heteroatoms.